The van der Waals surface area contributed by atoms with E-state index in [0.717, 1.165) is 17.7 Å². The summed E-state index contributed by atoms with van der Waals surface area (Å²) in [5, 5.41) is 3.47. The van der Waals surface area contributed by atoms with Crippen molar-refractivity contribution in [2.45, 2.75) is 65.6 Å². The van der Waals surface area contributed by atoms with Crippen LogP contribution in [0.15, 0.2) is 24.3 Å². The third-order valence-electron chi connectivity index (χ3n) is 6.29. The largest absolute Gasteiger partial charge is 0.375 e. The van der Waals surface area contributed by atoms with Gasteiger partial charge in [-0.05, 0) is 50.8 Å². The number of carbonyl (C=O) groups excluding carboxylic acids is 1. The van der Waals surface area contributed by atoms with Crippen LogP contribution in [0.2, 0.25) is 0 Å². The Labute approximate surface area is 184 Å². The molecule has 0 radical (unpaired) electrons. The van der Waals surface area contributed by atoms with Gasteiger partial charge in [0.05, 0.1) is 19.3 Å². The van der Waals surface area contributed by atoms with E-state index in [-0.39, 0.29) is 18.1 Å². The van der Waals surface area contributed by atoms with E-state index in [2.05, 4.69) is 48.3 Å². The number of rotatable bonds is 6. The summed E-state index contributed by atoms with van der Waals surface area (Å²) in [6.45, 7) is 13.1. The standard InChI is InChI=1S/C24H33N5O2/c1-6-16(4)18-7-9-19(10-8-18)25-22-20-14-29(15(2)3)23(30)21(20)26-24(27-22)28-11-12-31-17(5)13-28/h7-10,15-17H,6,11-14H2,1-5H3,(H,25,26,27). The highest BCUT2D eigenvalue weighted by Crippen LogP contribution is 2.32. The number of ether oxygens (including phenoxy) is 1. The number of carbonyl (C=O) groups is 1. The van der Waals surface area contributed by atoms with Gasteiger partial charge in [-0.15, -0.1) is 0 Å². The van der Waals surface area contributed by atoms with E-state index in [0.29, 0.717) is 49.6 Å². The van der Waals surface area contributed by atoms with Crippen molar-refractivity contribution in [2.24, 2.45) is 0 Å². The quantitative estimate of drug-likeness (QED) is 0.746. The first-order valence-electron chi connectivity index (χ1n) is 11.3. The molecule has 1 saturated heterocycles. The van der Waals surface area contributed by atoms with Gasteiger partial charge in [0.2, 0.25) is 5.95 Å². The zero-order valence-electron chi connectivity index (χ0n) is 19.2. The second-order valence-electron chi connectivity index (χ2n) is 8.91. The molecule has 1 N–H and O–H groups in total. The number of amides is 1. The maximum Gasteiger partial charge on any atom is 0.273 e. The molecule has 2 aromatic rings. The molecule has 0 spiro atoms. The highest BCUT2D eigenvalue weighted by molar-refractivity contribution is 5.98. The molecule has 7 nitrogen and oxygen atoms in total. The van der Waals surface area contributed by atoms with E-state index in [4.69, 9.17) is 14.7 Å². The van der Waals surface area contributed by atoms with E-state index in [1.165, 1.54) is 5.56 Å². The molecular weight excluding hydrogens is 390 g/mol. The Hall–Kier alpha value is -2.67. The summed E-state index contributed by atoms with van der Waals surface area (Å²) in [5.74, 6) is 1.81. The minimum atomic E-state index is -0.0230. The first-order chi connectivity index (χ1) is 14.9. The smallest absolute Gasteiger partial charge is 0.273 e. The normalized spacial score (nSPS) is 19.7. The first-order valence-corrected chi connectivity index (χ1v) is 11.3. The third-order valence-corrected chi connectivity index (χ3v) is 6.29. The van der Waals surface area contributed by atoms with Crippen LogP contribution >= 0.6 is 0 Å². The number of nitrogens with one attached hydrogen (secondary N) is 1. The van der Waals surface area contributed by atoms with E-state index in [1.807, 2.05) is 25.7 Å². The lowest BCUT2D eigenvalue weighted by atomic mass is 9.99. The predicted molar refractivity (Wildman–Crippen MR) is 123 cm³/mol. The van der Waals surface area contributed by atoms with Crippen LogP contribution in [0.4, 0.5) is 17.5 Å². The lowest BCUT2D eigenvalue weighted by Crippen LogP contribution is -2.42. The summed E-state index contributed by atoms with van der Waals surface area (Å²) in [4.78, 5) is 26.6. The van der Waals surface area contributed by atoms with Gasteiger partial charge >= 0.3 is 0 Å². The summed E-state index contributed by atoms with van der Waals surface area (Å²) in [7, 11) is 0. The van der Waals surface area contributed by atoms with Gasteiger partial charge < -0.3 is 19.9 Å². The third kappa shape index (κ3) is 4.37. The zero-order valence-corrected chi connectivity index (χ0v) is 19.2. The maximum absolute atomic E-state index is 13.1. The topological polar surface area (TPSA) is 70.6 Å². The van der Waals surface area contributed by atoms with Crippen molar-refractivity contribution in [3.63, 3.8) is 0 Å². The van der Waals surface area contributed by atoms with Crippen LogP contribution < -0.4 is 10.2 Å². The second-order valence-corrected chi connectivity index (χ2v) is 8.91. The highest BCUT2D eigenvalue weighted by atomic mass is 16.5. The van der Waals surface area contributed by atoms with Crippen LogP contribution in [-0.2, 0) is 11.3 Å². The predicted octanol–water partition coefficient (Wildman–Crippen LogP) is 4.32. The number of anilines is 3. The number of morpholine rings is 1. The van der Waals surface area contributed by atoms with Crippen molar-refractivity contribution >= 4 is 23.4 Å². The second kappa shape index (κ2) is 8.83. The average molecular weight is 424 g/mol. The van der Waals surface area contributed by atoms with Crippen molar-refractivity contribution in [1.29, 1.82) is 0 Å². The molecule has 2 aliphatic rings. The molecule has 0 saturated carbocycles. The fraction of sp³-hybridized carbons (Fsp3) is 0.542. The summed E-state index contributed by atoms with van der Waals surface area (Å²) >= 11 is 0. The molecule has 166 valence electrons. The molecule has 31 heavy (non-hydrogen) atoms. The first kappa shape index (κ1) is 21.6. The van der Waals surface area contributed by atoms with Gasteiger partial charge in [-0.1, -0.05) is 26.0 Å². The fourth-order valence-corrected chi connectivity index (χ4v) is 4.11. The Kier molecular flexibility index (Phi) is 6.14. The van der Waals surface area contributed by atoms with Crippen molar-refractivity contribution in [2.75, 3.05) is 29.9 Å². The summed E-state index contributed by atoms with van der Waals surface area (Å²) in [5.41, 5.74) is 3.67. The lowest BCUT2D eigenvalue weighted by Gasteiger charge is -2.31. The number of nitrogens with zero attached hydrogens (tertiary/aromatic N) is 4. The molecule has 3 heterocycles. The Morgan fingerprint density at radius 2 is 1.94 bits per heavy atom. The van der Waals surface area contributed by atoms with Crippen molar-refractivity contribution in [1.82, 2.24) is 14.9 Å². The number of hydrogen-bond donors (Lipinski definition) is 1. The molecular formula is C24H33N5O2. The zero-order chi connectivity index (χ0) is 22.1. The van der Waals surface area contributed by atoms with Crippen LogP contribution in [-0.4, -0.2) is 52.6 Å². The molecule has 2 aliphatic heterocycles. The molecule has 1 amide bonds. The fourth-order valence-electron chi connectivity index (χ4n) is 4.11. The van der Waals surface area contributed by atoms with Gasteiger partial charge in [-0.25, -0.2) is 4.98 Å². The molecule has 0 bridgehead atoms. The van der Waals surface area contributed by atoms with E-state index < -0.39 is 0 Å². The molecule has 1 aromatic heterocycles. The molecule has 2 atom stereocenters. The van der Waals surface area contributed by atoms with E-state index in [1.54, 1.807) is 0 Å². The van der Waals surface area contributed by atoms with Crippen LogP contribution in [0.1, 0.15) is 68.6 Å². The van der Waals surface area contributed by atoms with Gasteiger partial charge in [0.25, 0.3) is 5.91 Å². The monoisotopic (exact) mass is 423 g/mol. The van der Waals surface area contributed by atoms with Gasteiger partial charge in [-0.3, -0.25) is 4.79 Å². The molecule has 1 fully saturated rings. The summed E-state index contributed by atoms with van der Waals surface area (Å²) < 4.78 is 5.67. The molecule has 4 rings (SSSR count). The Bertz CT molecular complexity index is 944. The Morgan fingerprint density at radius 3 is 2.58 bits per heavy atom. The molecule has 2 unspecified atom stereocenters. The van der Waals surface area contributed by atoms with Crippen molar-refractivity contribution < 1.29 is 9.53 Å². The van der Waals surface area contributed by atoms with Crippen LogP contribution in [0.3, 0.4) is 0 Å². The molecule has 1 aromatic carbocycles. The average Bonchev–Trinajstić information content (AvgIpc) is 3.11. The Balaban J connectivity index is 1.69. The summed E-state index contributed by atoms with van der Waals surface area (Å²) in [6, 6.07) is 8.60. The SMILES string of the molecule is CCC(C)c1ccc(Nc2nc(N3CCOC(C)C3)nc3c2CN(C(C)C)C3=O)cc1. The van der Waals surface area contributed by atoms with Crippen molar-refractivity contribution in [3.05, 3.63) is 41.1 Å². The number of hydrogen-bond acceptors (Lipinski definition) is 6. The van der Waals surface area contributed by atoms with Crippen LogP contribution in [0.5, 0.6) is 0 Å². The van der Waals surface area contributed by atoms with Gasteiger partial charge in [-0.2, -0.15) is 4.98 Å². The van der Waals surface area contributed by atoms with E-state index >= 15 is 0 Å². The minimum absolute atomic E-state index is 0.0230. The highest BCUT2D eigenvalue weighted by Gasteiger charge is 2.35. The molecule has 7 heteroatoms. The summed E-state index contributed by atoms with van der Waals surface area (Å²) in [6.07, 6.45) is 1.22. The van der Waals surface area contributed by atoms with Crippen molar-refractivity contribution in [3.8, 4) is 0 Å². The van der Waals surface area contributed by atoms with Crippen LogP contribution in [0, 0.1) is 0 Å². The van der Waals surface area contributed by atoms with Gasteiger partial charge in [0.15, 0.2) is 0 Å². The lowest BCUT2D eigenvalue weighted by molar-refractivity contribution is 0.0526. The number of aromatic nitrogens is 2. The Morgan fingerprint density at radius 1 is 1.19 bits per heavy atom. The maximum atomic E-state index is 13.1. The van der Waals surface area contributed by atoms with E-state index in [9.17, 15) is 4.79 Å². The van der Waals surface area contributed by atoms with Crippen LogP contribution in [0.25, 0.3) is 0 Å². The molecule has 0 aliphatic carbocycles. The number of benzene rings is 1. The van der Waals surface area contributed by atoms with Gasteiger partial charge in [0.1, 0.15) is 11.5 Å². The van der Waals surface area contributed by atoms with Gasteiger partial charge in [0, 0.05) is 30.4 Å². The number of fused-ring (bicyclic) bond motifs is 1. The minimum Gasteiger partial charge on any atom is -0.375 e.